The molecule has 0 fully saturated rings. The minimum atomic E-state index is -0.288. The molecule has 0 amide bonds. The number of ether oxygens (including phenoxy) is 1. The van der Waals surface area contributed by atoms with E-state index in [0.717, 1.165) is 33.4 Å². The van der Waals surface area contributed by atoms with E-state index in [2.05, 4.69) is 0 Å². The summed E-state index contributed by atoms with van der Waals surface area (Å²) in [5.41, 5.74) is 4.99. The van der Waals surface area contributed by atoms with E-state index in [1.54, 1.807) is 43.5 Å². The average Bonchev–Trinajstić information content (AvgIpc) is 3.34. The van der Waals surface area contributed by atoms with Crippen LogP contribution < -0.4 is 4.74 Å². The fourth-order valence-corrected chi connectivity index (χ4v) is 6.26. The smallest absolute Gasteiger partial charge is 0.123 e. The number of benzene rings is 4. The first-order valence-corrected chi connectivity index (χ1v) is 11.4. The van der Waals surface area contributed by atoms with Crippen molar-refractivity contribution < 1.29 is 30.3 Å². The molecule has 2 aliphatic carbocycles. The lowest BCUT2D eigenvalue weighted by Crippen LogP contribution is -2.10. The molecule has 0 saturated heterocycles. The van der Waals surface area contributed by atoms with E-state index in [1.165, 1.54) is 6.07 Å². The van der Waals surface area contributed by atoms with Gasteiger partial charge in [0, 0.05) is 46.9 Å². The third-order valence-corrected chi connectivity index (χ3v) is 7.52. The average molecular weight is 469 g/mol. The summed E-state index contributed by atoms with van der Waals surface area (Å²) in [6.07, 6.45) is 0. The normalized spacial score (nSPS) is 21.9. The van der Waals surface area contributed by atoms with Gasteiger partial charge in [0.05, 0.1) is 7.11 Å². The van der Waals surface area contributed by atoms with E-state index in [0.29, 0.717) is 5.75 Å². The van der Waals surface area contributed by atoms with Crippen LogP contribution in [0.1, 0.15) is 57.1 Å². The summed E-state index contributed by atoms with van der Waals surface area (Å²) in [4.78, 5) is 0. The molecule has 4 aromatic carbocycles. The van der Waals surface area contributed by atoms with Crippen LogP contribution in [0.4, 0.5) is 0 Å². The molecule has 176 valence electrons. The standard InChI is InChI=1S/C29H24O6/c1-35-19-12-21-27(23(34)13-19)25(15-4-8-17(31)9-5-15)28-20-10-18(32)11-22(33)26(20)24(29(21)28)14-2-6-16(30)7-3-14/h2-13,24-25,28-34H,1H3. The van der Waals surface area contributed by atoms with Crippen molar-refractivity contribution in [1.82, 2.24) is 0 Å². The quantitative estimate of drug-likeness (QED) is 0.276. The van der Waals surface area contributed by atoms with Crippen molar-refractivity contribution in [3.05, 3.63) is 106 Å². The third-order valence-electron chi connectivity index (χ3n) is 7.52. The van der Waals surface area contributed by atoms with Gasteiger partial charge in [-0.05, 0) is 58.7 Å². The number of methoxy groups -OCH3 is 1. The highest BCUT2D eigenvalue weighted by atomic mass is 16.5. The summed E-state index contributed by atoms with van der Waals surface area (Å²) < 4.78 is 5.49. The number of aromatic hydroxyl groups is 5. The highest BCUT2D eigenvalue weighted by Gasteiger charge is 2.54. The molecule has 0 saturated carbocycles. The molecule has 4 unspecified atom stereocenters. The first kappa shape index (κ1) is 21.2. The lowest BCUT2D eigenvalue weighted by Gasteiger charge is -2.23. The number of phenolic OH excluding ortho intramolecular Hbond substituents is 5. The molecule has 0 bridgehead atoms. The van der Waals surface area contributed by atoms with E-state index >= 15 is 0 Å². The number of phenols is 5. The van der Waals surface area contributed by atoms with E-state index in [1.807, 2.05) is 30.3 Å². The van der Waals surface area contributed by atoms with Gasteiger partial charge in [-0.25, -0.2) is 0 Å². The van der Waals surface area contributed by atoms with E-state index in [9.17, 15) is 25.5 Å². The predicted molar refractivity (Wildman–Crippen MR) is 130 cm³/mol. The maximum Gasteiger partial charge on any atom is 0.123 e. The molecule has 5 N–H and O–H groups in total. The Morgan fingerprint density at radius 1 is 0.543 bits per heavy atom. The Morgan fingerprint density at radius 3 is 1.49 bits per heavy atom. The minimum absolute atomic E-state index is 0.00518. The molecule has 0 aliphatic heterocycles. The second kappa shape index (κ2) is 7.60. The maximum absolute atomic E-state index is 11.2. The highest BCUT2D eigenvalue weighted by Crippen LogP contribution is 2.69. The van der Waals surface area contributed by atoms with Gasteiger partial charge < -0.3 is 30.3 Å². The van der Waals surface area contributed by atoms with Crippen molar-refractivity contribution in [2.45, 2.75) is 23.7 Å². The molecule has 4 atom stereocenters. The zero-order valence-corrected chi connectivity index (χ0v) is 18.9. The van der Waals surface area contributed by atoms with E-state index in [-0.39, 0.29) is 52.4 Å². The molecule has 6 rings (SSSR count). The Balaban J connectivity index is 1.67. The first-order chi connectivity index (χ1) is 16.9. The predicted octanol–water partition coefficient (Wildman–Crippen LogP) is 5.38. The Labute approximate surface area is 202 Å². The molecular formula is C29H24O6. The fraction of sp³-hybridized carbons (Fsp3) is 0.172. The number of hydrogen-bond acceptors (Lipinski definition) is 6. The summed E-state index contributed by atoms with van der Waals surface area (Å²) in [5, 5.41) is 52.4. The SMILES string of the molecule is COc1cc(O)c2c(c1)C1C(c3ccc(O)cc3)c3c(O)cc(O)cc3C1C2c1ccc(O)cc1. The largest absolute Gasteiger partial charge is 0.508 e. The molecule has 0 spiro atoms. The van der Waals surface area contributed by atoms with Crippen LogP contribution in [0.5, 0.6) is 34.5 Å². The third kappa shape index (κ3) is 3.10. The van der Waals surface area contributed by atoms with Gasteiger partial charge in [0.25, 0.3) is 0 Å². The number of hydrogen-bond donors (Lipinski definition) is 5. The number of rotatable bonds is 3. The van der Waals surface area contributed by atoms with Gasteiger partial charge in [0.2, 0.25) is 0 Å². The van der Waals surface area contributed by atoms with Gasteiger partial charge in [-0.2, -0.15) is 0 Å². The summed E-state index contributed by atoms with van der Waals surface area (Å²) >= 11 is 0. The van der Waals surface area contributed by atoms with Crippen molar-refractivity contribution in [2.75, 3.05) is 7.11 Å². The Morgan fingerprint density at radius 2 is 1.00 bits per heavy atom. The molecule has 0 radical (unpaired) electrons. The zero-order valence-electron chi connectivity index (χ0n) is 18.9. The highest BCUT2D eigenvalue weighted by molar-refractivity contribution is 5.68. The van der Waals surface area contributed by atoms with Crippen LogP contribution in [0.2, 0.25) is 0 Å². The fourth-order valence-electron chi connectivity index (χ4n) is 6.26. The van der Waals surface area contributed by atoms with Crippen molar-refractivity contribution >= 4 is 0 Å². The molecule has 4 aromatic rings. The van der Waals surface area contributed by atoms with Crippen LogP contribution in [0.3, 0.4) is 0 Å². The Kier molecular flexibility index (Phi) is 4.61. The van der Waals surface area contributed by atoms with Gasteiger partial charge in [-0.3, -0.25) is 0 Å². The molecule has 35 heavy (non-hydrogen) atoms. The van der Waals surface area contributed by atoms with Crippen LogP contribution in [-0.4, -0.2) is 32.6 Å². The van der Waals surface area contributed by atoms with Crippen molar-refractivity contribution in [1.29, 1.82) is 0 Å². The summed E-state index contributed by atoms with van der Waals surface area (Å²) in [7, 11) is 1.55. The van der Waals surface area contributed by atoms with E-state index in [4.69, 9.17) is 4.74 Å². The monoisotopic (exact) mass is 468 g/mol. The zero-order chi connectivity index (χ0) is 24.4. The van der Waals surface area contributed by atoms with Gasteiger partial charge in [-0.1, -0.05) is 24.3 Å². The van der Waals surface area contributed by atoms with Crippen molar-refractivity contribution in [2.24, 2.45) is 0 Å². The van der Waals surface area contributed by atoms with Crippen LogP contribution in [0.15, 0.2) is 72.8 Å². The number of fused-ring (bicyclic) bond motifs is 5. The Bertz CT molecular complexity index is 1440. The minimum Gasteiger partial charge on any atom is -0.508 e. The molecule has 6 nitrogen and oxygen atoms in total. The Hall–Kier alpha value is -4.32. The van der Waals surface area contributed by atoms with Crippen LogP contribution in [0.25, 0.3) is 0 Å². The van der Waals surface area contributed by atoms with Crippen LogP contribution in [0, 0.1) is 0 Å². The van der Waals surface area contributed by atoms with Gasteiger partial charge >= 0.3 is 0 Å². The van der Waals surface area contributed by atoms with Gasteiger partial charge in [0.1, 0.15) is 34.5 Å². The van der Waals surface area contributed by atoms with Crippen molar-refractivity contribution in [3.8, 4) is 34.5 Å². The molecule has 2 aliphatic rings. The lowest BCUT2D eigenvalue weighted by molar-refractivity contribution is 0.405. The van der Waals surface area contributed by atoms with Gasteiger partial charge in [0.15, 0.2) is 0 Å². The topological polar surface area (TPSA) is 110 Å². The molecular weight excluding hydrogens is 444 g/mol. The van der Waals surface area contributed by atoms with Crippen molar-refractivity contribution in [3.63, 3.8) is 0 Å². The van der Waals surface area contributed by atoms with Crippen LogP contribution >= 0.6 is 0 Å². The van der Waals surface area contributed by atoms with E-state index < -0.39 is 0 Å². The molecule has 0 aromatic heterocycles. The first-order valence-electron chi connectivity index (χ1n) is 11.4. The van der Waals surface area contributed by atoms with Crippen LogP contribution in [-0.2, 0) is 0 Å². The summed E-state index contributed by atoms with van der Waals surface area (Å²) in [5.74, 6) is -0.0677. The molecule has 6 heteroatoms. The van der Waals surface area contributed by atoms with Gasteiger partial charge in [-0.15, -0.1) is 0 Å². The second-order valence-electron chi connectivity index (χ2n) is 9.31. The maximum atomic E-state index is 11.2. The summed E-state index contributed by atoms with van der Waals surface area (Å²) in [6, 6.07) is 20.4. The molecule has 0 heterocycles. The lowest BCUT2D eigenvalue weighted by atomic mass is 9.79. The second-order valence-corrected chi connectivity index (χ2v) is 9.31. The summed E-state index contributed by atoms with van der Waals surface area (Å²) in [6.45, 7) is 0.